The molecule has 1 fully saturated rings. The summed E-state index contributed by atoms with van der Waals surface area (Å²) < 4.78 is 0. The number of rotatable bonds is 4. The molecular formula is C21H25Cl3N2O. The average molecular weight is 428 g/mol. The van der Waals surface area contributed by atoms with Crippen molar-refractivity contribution in [1.29, 1.82) is 0 Å². The van der Waals surface area contributed by atoms with E-state index < -0.39 is 0 Å². The normalized spacial score (nSPS) is 18.0. The molecule has 0 aromatic heterocycles. The first-order valence-corrected chi connectivity index (χ1v) is 9.70. The van der Waals surface area contributed by atoms with Crippen LogP contribution in [-0.4, -0.2) is 24.4 Å². The Labute approximate surface area is 177 Å². The minimum absolute atomic E-state index is 0. The number of benzene rings is 2. The van der Waals surface area contributed by atoms with Gasteiger partial charge in [-0.2, -0.15) is 0 Å². The second-order valence-electron chi connectivity index (χ2n) is 6.85. The summed E-state index contributed by atoms with van der Waals surface area (Å²) in [5.41, 5.74) is 3.05. The van der Waals surface area contributed by atoms with E-state index in [-0.39, 0.29) is 24.4 Å². The van der Waals surface area contributed by atoms with Crippen LogP contribution < -0.4 is 4.90 Å². The number of carbonyl (C=O) groups excluding carboxylic acids is 1. The molecule has 0 saturated carbocycles. The van der Waals surface area contributed by atoms with Crippen LogP contribution in [0.1, 0.15) is 49.9 Å². The molecule has 27 heavy (non-hydrogen) atoms. The lowest BCUT2D eigenvalue weighted by molar-refractivity contribution is -0.116. The molecule has 146 valence electrons. The Kier molecular flexibility index (Phi) is 7.58. The predicted molar refractivity (Wildman–Crippen MR) is 116 cm³/mol. The molecule has 6 heteroatoms. The van der Waals surface area contributed by atoms with Gasteiger partial charge in [0, 0.05) is 37.3 Å². The van der Waals surface area contributed by atoms with Crippen molar-refractivity contribution in [2.75, 3.05) is 18.5 Å². The lowest BCUT2D eigenvalue weighted by atomic mass is 9.99. The van der Waals surface area contributed by atoms with Crippen LogP contribution in [0.5, 0.6) is 0 Å². The molecule has 0 N–H and O–H groups in total. The summed E-state index contributed by atoms with van der Waals surface area (Å²) in [6, 6.07) is 14.6. The van der Waals surface area contributed by atoms with Crippen molar-refractivity contribution in [3.8, 4) is 0 Å². The monoisotopic (exact) mass is 426 g/mol. The number of hydrogen-bond acceptors (Lipinski definition) is 2. The van der Waals surface area contributed by atoms with Gasteiger partial charge >= 0.3 is 0 Å². The molecule has 1 aliphatic heterocycles. The highest BCUT2D eigenvalue weighted by atomic mass is 35.5. The fourth-order valence-corrected chi connectivity index (χ4v) is 4.35. The second kappa shape index (κ2) is 9.29. The van der Waals surface area contributed by atoms with Crippen molar-refractivity contribution < 1.29 is 4.79 Å². The zero-order valence-electron chi connectivity index (χ0n) is 15.8. The molecule has 1 aliphatic rings. The molecule has 1 heterocycles. The molecule has 0 bridgehead atoms. The Bertz CT molecular complexity index is 798. The maximum atomic E-state index is 12.0. The third kappa shape index (κ3) is 4.43. The highest BCUT2D eigenvalue weighted by Crippen LogP contribution is 2.44. The van der Waals surface area contributed by atoms with E-state index in [2.05, 4.69) is 36.1 Å². The fraction of sp³-hybridized carbons (Fsp3) is 0.381. The minimum atomic E-state index is -0.0297. The van der Waals surface area contributed by atoms with E-state index in [1.807, 2.05) is 12.1 Å². The Hall–Kier alpha value is -1.26. The molecule has 0 radical (unpaired) electrons. The van der Waals surface area contributed by atoms with Crippen LogP contribution in [0.15, 0.2) is 42.5 Å². The quantitative estimate of drug-likeness (QED) is 0.572. The summed E-state index contributed by atoms with van der Waals surface area (Å²) in [7, 11) is 1.77. The van der Waals surface area contributed by atoms with Crippen molar-refractivity contribution in [3.63, 3.8) is 0 Å². The standard InChI is InChI=1S/C21H24Cl2N2O.ClH/c1-14(25-13-7-10-18(25)16-8-5-4-6-9-16)20-19(24(3)15(2)26)12-11-17(22)21(20)23;/h4-6,8-9,11-12,14,18H,7,10,13H2,1-3H3;1H. The molecule has 3 nitrogen and oxygen atoms in total. The van der Waals surface area contributed by atoms with E-state index in [1.165, 1.54) is 5.56 Å². The average Bonchev–Trinajstić information content (AvgIpc) is 3.13. The smallest absolute Gasteiger partial charge is 0.223 e. The Morgan fingerprint density at radius 2 is 1.85 bits per heavy atom. The van der Waals surface area contributed by atoms with Crippen LogP contribution in [-0.2, 0) is 4.79 Å². The molecule has 0 spiro atoms. The first kappa shape index (κ1) is 22.0. The number of hydrogen-bond donors (Lipinski definition) is 0. The predicted octanol–water partition coefficient (Wildman–Crippen LogP) is 6.30. The Morgan fingerprint density at radius 3 is 2.48 bits per heavy atom. The van der Waals surface area contributed by atoms with Crippen LogP contribution in [0.3, 0.4) is 0 Å². The largest absolute Gasteiger partial charge is 0.315 e. The summed E-state index contributed by atoms with van der Waals surface area (Å²) in [6.45, 7) is 4.70. The van der Waals surface area contributed by atoms with E-state index >= 15 is 0 Å². The van der Waals surface area contributed by atoms with Crippen molar-refractivity contribution in [3.05, 3.63) is 63.6 Å². The molecule has 0 aliphatic carbocycles. The molecule has 3 rings (SSSR count). The van der Waals surface area contributed by atoms with Gasteiger partial charge in [-0.05, 0) is 44.0 Å². The molecule has 2 unspecified atom stereocenters. The highest BCUT2D eigenvalue weighted by molar-refractivity contribution is 6.42. The van der Waals surface area contributed by atoms with Crippen LogP contribution in [0.25, 0.3) is 0 Å². The molecule has 1 amide bonds. The second-order valence-corrected chi connectivity index (χ2v) is 7.64. The Balaban J connectivity index is 0.00000261. The van der Waals surface area contributed by atoms with Gasteiger partial charge in [0.1, 0.15) is 0 Å². The zero-order valence-corrected chi connectivity index (χ0v) is 18.1. The zero-order chi connectivity index (χ0) is 18.8. The molecule has 2 atom stereocenters. The van der Waals surface area contributed by atoms with E-state index in [0.717, 1.165) is 30.6 Å². The number of amides is 1. The van der Waals surface area contributed by atoms with E-state index in [0.29, 0.717) is 16.1 Å². The van der Waals surface area contributed by atoms with Gasteiger partial charge in [0.05, 0.1) is 10.0 Å². The number of anilines is 1. The molecule has 1 saturated heterocycles. The number of likely N-dealkylation sites (tertiary alicyclic amines) is 1. The first-order valence-electron chi connectivity index (χ1n) is 8.94. The lowest BCUT2D eigenvalue weighted by Crippen LogP contribution is -2.30. The number of carbonyl (C=O) groups is 1. The van der Waals surface area contributed by atoms with Crippen LogP contribution in [0.2, 0.25) is 10.0 Å². The van der Waals surface area contributed by atoms with Gasteiger partial charge in [-0.25, -0.2) is 0 Å². The summed E-state index contributed by atoms with van der Waals surface area (Å²) >= 11 is 12.9. The van der Waals surface area contributed by atoms with Crippen molar-refractivity contribution in [1.82, 2.24) is 4.90 Å². The van der Waals surface area contributed by atoms with E-state index in [4.69, 9.17) is 23.2 Å². The minimum Gasteiger partial charge on any atom is -0.315 e. The maximum absolute atomic E-state index is 12.0. The van der Waals surface area contributed by atoms with Crippen LogP contribution >= 0.6 is 35.6 Å². The van der Waals surface area contributed by atoms with Gasteiger partial charge in [0.25, 0.3) is 0 Å². The SMILES string of the molecule is CC(=O)N(C)c1ccc(Cl)c(Cl)c1C(C)N1CCCC1c1ccccc1.Cl. The topological polar surface area (TPSA) is 23.6 Å². The van der Waals surface area contributed by atoms with Gasteiger partial charge in [-0.3, -0.25) is 9.69 Å². The van der Waals surface area contributed by atoms with Crippen molar-refractivity contribution in [2.24, 2.45) is 0 Å². The first-order chi connectivity index (χ1) is 12.4. The van der Waals surface area contributed by atoms with Gasteiger partial charge < -0.3 is 4.90 Å². The highest BCUT2D eigenvalue weighted by Gasteiger charge is 2.33. The van der Waals surface area contributed by atoms with Crippen LogP contribution in [0.4, 0.5) is 5.69 Å². The van der Waals surface area contributed by atoms with Crippen molar-refractivity contribution >= 4 is 47.2 Å². The summed E-state index contributed by atoms with van der Waals surface area (Å²) in [6.07, 6.45) is 2.25. The van der Waals surface area contributed by atoms with Crippen molar-refractivity contribution in [2.45, 2.75) is 38.8 Å². The lowest BCUT2D eigenvalue weighted by Gasteiger charge is -2.34. The van der Waals surface area contributed by atoms with Crippen LogP contribution in [0, 0.1) is 0 Å². The third-order valence-corrected chi connectivity index (χ3v) is 6.16. The van der Waals surface area contributed by atoms with E-state index in [1.54, 1.807) is 24.9 Å². The maximum Gasteiger partial charge on any atom is 0.223 e. The van der Waals surface area contributed by atoms with E-state index in [9.17, 15) is 4.79 Å². The summed E-state index contributed by atoms with van der Waals surface area (Å²) in [4.78, 5) is 16.1. The molecule has 2 aromatic rings. The third-order valence-electron chi connectivity index (χ3n) is 5.34. The number of halogens is 3. The summed E-state index contributed by atoms with van der Waals surface area (Å²) in [5, 5.41) is 1.05. The molecular weight excluding hydrogens is 403 g/mol. The fourth-order valence-electron chi connectivity index (χ4n) is 3.87. The van der Waals surface area contributed by atoms with Gasteiger partial charge in [-0.1, -0.05) is 53.5 Å². The van der Waals surface area contributed by atoms with Gasteiger partial charge in [-0.15, -0.1) is 12.4 Å². The van der Waals surface area contributed by atoms with Gasteiger partial charge in [0.15, 0.2) is 0 Å². The summed E-state index contributed by atoms with van der Waals surface area (Å²) in [5.74, 6) is -0.0297. The van der Waals surface area contributed by atoms with Gasteiger partial charge in [0.2, 0.25) is 5.91 Å². The molecule has 2 aromatic carbocycles. The Morgan fingerprint density at radius 1 is 1.19 bits per heavy atom. The number of nitrogens with zero attached hydrogens (tertiary/aromatic N) is 2.